The number of anilines is 1. The maximum absolute atomic E-state index is 13.5. The Hall–Kier alpha value is -3.92. The maximum Gasteiger partial charge on any atom is 0.264 e. The minimum Gasteiger partial charge on any atom is -0.494 e. The fraction of sp³-hybridized carbons (Fsp3) is 0.286. The number of carbonyl (C=O) groups is 2. The lowest BCUT2D eigenvalue weighted by atomic mass is 10.1. The van der Waals surface area contributed by atoms with Crippen molar-refractivity contribution in [3.63, 3.8) is 0 Å². The summed E-state index contributed by atoms with van der Waals surface area (Å²) < 4.78 is 46.8. The van der Waals surface area contributed by atoms with Gasteiger partial charge in [-0.2, -0.15) is 0 Å². The van der Waals surface area contributed by atoms with Crippen LogP contribution >= 0.6 is 0 Å². The molecule has 1 N–H and O–H groups in total. The monoisotopic (exact) mass is 539 g/mol. The topological polar surface area (TPSA) is 96.0 Å². The summed E-state index contributed by atoms with van der Waals surface area (Å²) in [4.78, 5) is 26.5. The third kappa shape index (κ3) is 6.69. The predicted molar refractivity (Wildman–Crippen MR) is 141 cm³/mol. The fourth-order valence-corrected chi connectivity index (χ4v) is 5.59. The number of sulfonamides is 1. The van der Waals surface area contributed by atoms with Crippen molar-refractivity contribution in [2.45, 2.75) is 37.8 Å². The van der Waals surface area contributed by atoms with Gasteiger partial charge in [-0.05, 0) is 73.0 Å². The van der Waals surface area contributed by atoms with Gasteiger partial charge in [0.15, 0.2) is 0 Å². The molecule has 0 radical (unpaired) electrons. The van der Waals surface area contributed by atoms with Crippen molar-refractivity contribution < 1.29 is 27.1 Å². The Morgan fingerprint density at radius 2 is 1.66 bits per heavy atom. The number of nitrogens with one attached hydrogen (secondary N) is 1. The first kappa shape index (κ1) is 27.1. The van der Waals surface area contributed by atoms with Crippen molar-refractivity contribution >= 4 is 27.5 Å². The number of halogens is 1. The molecule has 3 aromatic carbocycles. The summed E-state index contributed by atoms with van der Waals surface area (Å²) in [6.07, 6.45) is 1.47. The van der Waals surface area contributed by atoms with Gasteiger partial charge in [0.25, 0.3) is 10.0 Å². The summed E-state index contributed by atoms with van der Waals surface area (Å²) in [6.45, 7) is 3.29. The van der Waals surface area contributed by atoms with Crippen LogP contribution in [0.25, 0.3) is 0 Å². The van der Waals surface area contributed by atoms with Gasteiger partial charge in [0, 0.05) is 26.1 Å². The second-order valence-electron chi connectivity index (χ2n) is 8.90. The molecule has 1 aliphatic rings. The van der Waals surface area contributed by atoms with Gasteiger partial charge in [-0.15, -0.1) is 0 Å². The average Bonchev–Trinajstić information content (AvgIpc) is 3.32. The largest absolute Gasteiger partial charge is 0.494 e. The molecule has 38 heavy (non-hydrogen) atoms. The van der Waals surface area contributed by atoms with Gasteiger partial charge in [-0.3, -0.25) is 13.9 Å². The van der Waals surface area contributed by atoms with Gasteiger partial charge in [-0.1, -0.05) is 24.3 Å². The standard InChI is InChI=1S/C28H30FN3O5S/c1-2-37-25-13-15-26(16-14-25)38(35,36)32(24-11-9-23(29)10-12-24)20-27(33)30-18-21-5-7-22(8-6-21)19-31-17-3-4-28(31)34/h5-16H,2-4,17-20H2,1H3,(H,30,33). The van der Waals surface area contributed by atoms with Gasteiger partial charge in [0.1, 0.15) is 18.1 Å². The van der Waals surface area contributed by atoms with E-state index in [2.05, 4.69) is 5.32 Å². The van der Waals surface area contributed by atoms with Crippen molar-refractivity contribution in [1.82, 2.24) is 10.2 Å². The number of nitrogens with zero attached hydrogens (tertiary/aromatic N) is 2. The Kier molecular flexibility index (Phi) is 8.62. The summed E-state index contributed by atoms with van der Waals surface area (Å²) in [5.41, 5.74) is 1.99. The lowest BCUT2D eigenvalue weighted by Crippen LogP contribution is -2.40. The van der Waals surface area contributed by atoms with E-state index < -0.39 is 28.3 Å². The van der Waals surface area contributed by atoms with Crippen molar-refractivity contribution in [3.8, 4) is 5.75 Å². The Morgan fingerprint density at radius 1 is 1.00 bits per heavy atom. The van der Waals surface area contributed by atoms with Crippen LogP contribution in [0.5, 0.6) is 5.75 Å². The fourth-order valence-electron chi connectivity index (χ4n) is 4.17. The zero-order valence-electron chi connectivity index (χ0n) is 21.1. The number of amides is 2. The molecule has 10 heteroatoms. The van der Waals surface area contributed by atoms with E-state index in [1.165, 1.54) is 24.3 Å². The van der Waals surface area contributed by atoms with Crippen LogP contribution in [0, 0.1) is 5.82 Å². The third-order valence-electron chi connectivity index (χ3n) is 6.18. The van der Waals surface area contributed by atoms with E-state index in [1.54, 1.807) is 12.1 Å². The summed E-state index contributed by atoms with van der Waals surface area (Å²) in [5.74, 6) is -0.354. The number of carbonyl (C=O) groups excluding carboxylic acids is 2. The molecule has 200 valence electrons. The minimum atomic E-state index is -4.14. The maximum atomic E-state index is 13.5. The number of hydrogen-bond acceptors (Lipinski definition) is 5. The molecule has 1 saturated heterocycles. The van der Waals surface area contributed by atoms with Gasteiger partial charge >= 0.3 is 0 Å². The lowest BCUT2D eigenvalue weighted by molar-refractivity contribution is -0.128. The molecule has 1 fully saturated rings. The Balaban J connectivity index is 1.44. The minimum absolute atomic E-state index is 0.0230. The number of likely N-dealkylation sites (tertiary alicyclic amines) is 1. The molecule has 2 amide bonds. The molecule has 1 heterocycles. The van der Waals surface area contributed by atoms with E-state index in [0.717, 1.165) is 40.5 Å². The highest BCUT2D eigenvalue weighted by Gasteiger charge is 2.27. The second kappa shape index (κ2) is 12.1. The van der Waals surface area contributed by atoms with Gasteiger partial charge in [0.2, 0.25) is 11.8 Å². The average molecular weight is 540 g/mol. The van der Waals surface area contributed by atoms with Crippen molar-refractivity contribution in [3.05, 3.63) is 89.7 Å². The summed E-state index contributed by atoms with van der Waals surface area (Å²) in [5, 5.41) is 2.76. The summed E-state index contributed by atoms with van der Waals surface area (Å²) in [7, 11) is -4.14. The lowest BCUT2D eigenvalue weighted by Gasteiger charge is -2.24. The zero-order chi connectivity index (χ0) is 27.1. The van der Waals surface area contributed by atoms with Gasteiger partial charge in [-0.25, -0.2) is 12.8 Å². The van der Waals surface area contributed by atoms with E-state index >= 15 is 0 Å². The van der Waals surface area contributed by atoms with Crippen molar-refractivity contribution in [1.29, 1.82) is 0 Å². The zero-order valence-corrected chi connectivity index (χ0v) is 21.9. The molecule has 8 nitrogen and oxygen atoms in total. The van der Waals surface area contributed by atoms with Crippen LogP contribution in [0.15, 0.2) is 77.7 Å². The Morgan fingerprint density at radius 3 is 2.26 bits per heavy atom. The van der Waals surface area contributed by atoms with Crippen molar-refractivity contribution in [2.75, 3.05) is 24.0 Å². The van der Waals surface area contributed by atoms with E-state index in [9.17, 15) is 22.4 Å². The molecule has 4 rings (SSSR count). The predicted octanol–water partition coefficient (Wildman–Crippen LogP) is 3.86. The van der Waals surface area contributed by atoms with Crippen LogP contribution < -0.4 is 14.4 Å². The molecule has 0 aromatic heterocycles. The van der Waals surface area contributed by atoms with Crippen LogP contribution in [0.2, 0.25) is 0 Å². The first-order valence-electron chi connectivity index (χ1n) is 12.4. The van der Waals surface area contributed by atoms with Crippen LogP contribution in [0.3, 0.4) is 0 Å². The number of hydrogen-bond donors (Lipinski definition) is 1. The van der Waals surface area contributed by atoms with Crippen LogP contribution in [0.1, 0.15) is 30.9 Å². The highest BCUT2D eigenvalue weighted by molar-refractivity contribution is 7.92. The molecule has 0 atom stereocenters. The van der Waals surface area contributed by atoms with Crippen LogP contribution in [-0.4, -0.2) is 44.8 Å². The van der Waals surface area contributed by atoms with Gasteiger partial charge < -0.3 is 15.0 Å². The first-order chi connectivity index (χ1) is 18.3. The number of ether oxygens (including phenoxy) is 1. The molecule has 3 aromatic rings. The van der Waals surface area contributed by atoms with E-state index in [4.69, 9.17) is 4.74 Å². The third-order valence-corrected chi connectivity index (χ3v) is 7.97. The Bertz CT molecular complexity index is 1360. The first-order valence-corrected chi connectivity index (χ1v) is 13.8. The normalized spacial score (nSPS) is 13.4. The second-order valence-corrected chi connectivity index (χ2v) is 10.8. The molecule has 1 aliphatic heterocycles. The highest BCUT2D eigenvalue weighted by Crippen LogP contribution is 2.25. The van der Waals surface area contributed by atoms with Crippen LogP contribution in [-0.2, 0) is 32.7 Å². The smallest absolute Gasteiger partial charge is 0.264 e. The Labute approximate surface area is 222 Å². The van der Waals surface area contributed by atoms with E-state index in [1.807, 2.05) is 36.1 Å². The molecule has 0 saturated carbocycles. The molecule has 0 unspecified atom stereocenters. The molecule has 0 aliphatic carbocycles. The summed E-state index contributed by atoms with van der Waals surface area (Å²) in [6, 6.07) is 18.4. The molecule has 0 spiro atoms. The van der Waals surface area contributed by atoms with Crippen molar-refractivity contribution in [2.24, 2.45) is 0 Å². The van der Waals surface area contributed by atoms with Crippen LogP contribution in [0.4, 0.5) is 10.1 Å². The van der Waals surface area contributed by atoms with Gasteiger partial charge in [0.05, 0.1) is 17.2 Å². The SMILES string of the molecule is CCOc1ccc(S(=O)(=O)N(CC(=O)NCc2ccc(CN3CCCC3=O)cc2)c2ccc(F)cc2)cc1. The molecular formula is C28H30FN3O5S. The van der Waals surface area contributed by atoms with E-state index in [0.29, 0.717) is 25.3 Å². The number of benzene rings is 3. The summed E-state index contributed by atoms with van der Waals surface area (Å²) >= 11 is 0. The van der Waals surface area contributed by atoms with E-state index in [-0.39, 0.29) is 23.0 Å². The molecule has 0 bridgehead atoms. The molecular weight excluding hydrogens is 509 g/mol. The highest BCUT2D eigenvalue weighted by atomic mass is 32.2. The number of rotatable bonds is 11. The quantitative estimate of drug-likeness (QED) is 0.399.